The van der Waals surface area contributed by atoms with Gasteiger partial charge in [-0.2, -0.15) is 5.26 Å². The fourth-order valence-corrected chi connectivity index (χ4v) is 2.27. The molecule has 2 rings (SSSR count). The van der Waals surface area contributed by atoms with Crippen LogP contribution in [0.2, 0.25) is 5.02 Å². The normalized spacial score (nSPS) is 11.1. The summed E-state index contributed by atoms with van der Waals surface area (Å²) in [5, 5.41) is 9.83. The summed E-state index contributed by atoms with van der Waals surface area (Å²) in [5.41, 5.74) is 2.26. The van der Waals surface area contributed by atoms with E-state index in [0.29, 0.717) is 10.6 Å². The highest BCUT2D eigenvalue weighted by Gasteiger charge is 2.05. The van der Waals surface area contributed by atoms with Crippen molar-refractivity contribution in [2.24, 2.45) is 0 Å². The predicted octanol–water partition coefficient (Wildman–Crippen LogP) is 5.17. The molecule has 0 aromatic heterocycles. The van der Waals surface area contributed by atoms with E-state index < -0.39 is 0 Å². The number of nitrogens with zero attached hydrogens (tertiary/aromatic N) is 1. The number of hydrogen-bond donors (Lipinski definition) is 0. The zero-order valence-corrected chi connectivity index (χ0v) is 11.7. The molecule has 2 aromatic rings. The summed E-state index contributed by atoms with van der Waals surface area (Å²) >= 11 is 9.50. The number of hydrogen-bond acceptors (Lipinski definition) is 1. The molecule has 0 aliphatic heterocycles. The second-order valence-electron chi connectivity index (χ2n) is 3.70. The Hall–Kier alpha value is -1.56. The van der Waals surface area contributed by atoms with E-state index in [9.17, 15) is 5.26 Å². The number of benzene rings is 2. The van der Waals surface area contributed by atoms with Crippen molar-refractivity contribution < 1.29 is 0 Å². The lowest BCUT2D eigenvalue weighted by molar-refractivity contribution is 1.52. The Labute approximate surface area is 119 Å². The van der Waals surface area contributed by atoms with E-state index in [1.807, 2.05) is 48.5 Å². The van der Waals surface area contributed by atoms with E-state index in [0.717, 1.165) is 15.6 Å². The van der Waals surface area contributed by atoms with Crippen LogP contribution in [0, 0.1) is 11.3 Å². The Balaban J connectivity index is 2.48. The quantitative estimate of drug-likeness (QED) is 0.554. The lowest BCUT2D eigenvalue weighted by atomic mass is 10.0. The molecule has 0 spiro atoms. The summed E-state index contributed by atoms with van der Waals surface area (Å²) in [7, 11) is 0. The highest BCUT2D eigenvalue weighted by molar-refractivity contribution is 9.10. The number of nitriles is 1. The van der Waals surface area contributed by atoms with Crippen LogP contribution in [-0.4, -0.2) is 0 Å². The first-order valence-corrected chi connectivity index (χ1v) is 6.50. The van der Waals surface area contributed by atoms with Gasteiger partial charge in [0.15, 0.2) is 0 Å². The molecule has 0 saturated heterocycles. The molecule has 0 fully saturated rings. The molecular weight excluding hydrogens is 310 g/mol. The maximum atomic E-state index is 9.25. The molecule has 0 atom stereocenters. The van der Waals surface area contributed by atoms with Crippen molar-refractivity contribution in [2.75, 3.05) is 0 Å². The van der Waals surface area contributed by atoms with Crippen LogP contribution in [0.5, 0.6) is 0 Å². The second-order valence-corrected chi connectivity index (χ2v) is 5.03. The Bertz CT molecular complexity index is 641. The summed E-state index contributed by atoms with van der Waals surface area (Å²) in [6.07, 6.45) is 1.83. The van der Waals surface area contributed by atoms with Gasteiger partial charge in [0.2, 0.25) is 0 Å². The summed E-state index contributed by atoms with van der Waals surface area (Å²) in [5.74, 6) is 0. The molecule has 0 aliphatic rings. The highest BCUT2D eigenvalue weighted by atomic mass is 79.9. The zero-order chi connectivity index (χ0) is 13.0. The second kappa shape index (κ2) is 5.86. The molecule has 0 amide bonds. The van der Waals surface area contributed by atoms with Gasteiger partial charge in [-0.1, -0.05) is 57.9 Å². The van der Waals surface area contributed by atoms with Crippen molar-refractivity contribution >= 4 is 39.2 Å². The van der Waals surface area contributed by atoms with E-state index in [1.165, 1.54) is 0 Å². The summed E-state index contributed by atoms with van der Waals surface area (Å²) < 4.78 is 0.979. The number of allylic oxidation sites excluding steroid dienone is 1. The Morgan fingerprint density at radius 3 is 2.61 bits per heavy atom. The first kappa shape index (κ1) is 12.9. The fourth-order valence-electron chi connectivity index (χ4n) is 1.61. The van der Waals surface area contributed by atoms with E-state index >= 15 is 0 Å². The van der Waals surface area contributed by atoms with Gasteiger partial charge in [0.25, 0.3) is 0 Å². The molecule has 2 aromatic carbocycles. The molecule has 0 saturated carbocycles. The summed E-state index contributed by atoms with van der Waals surface area (Å²) in [6, 6.07) is 17.3. The molecule has 0 bridgehead atoms. The first-order valence-electron chi connectivity index (χ1n) is 5.33. The molecular formula is C15H9BrClN. The maximum Gasteiger partial charge on any atom is 0.0998 e. The van der Waals surface area contributed by atoms with Crippen LogP contribution < -0.4 is 0 Å². The van der Waals surface area contributed by atoms with Gasteiger partial charge in [-0.05, 0) is 29.8 Å². The van der Waals surface area contributed by atoms with Gasteiger partial charge in [-0.3, -0.25) is 0 Å². The zero-order valence-electron chi connectivity index (χ0n) is 9.40. The minimum absolute atomic E-state index is 0.554. The van der Waals surface area contributed by atoms with Crippen molar-refractivity contribution in [3.8, 4) is 6.07 Å². The van der Waals surface area contributed by atoms with E-state index in [-0.39, 0.29) is 0 Å². The van der Waals surface area contributed by atoms with Gasteiger partial charge >= 0.3 is 0 Å². The van der Waals surface area contributed by atoms with Crippen LogP contribution in [0.1, 0.15) is 11.1 Å². The Morgan fingerprint density at radius 2 is 1.94 bits per heavy atom. The number of rotatable bonds is 2. The molecule has 0 radical (unpaired) electrons. The lowest BCUT2D eigenvalue weighted by Gasteiger charge is -2.02. The lowest BCUT2D eigenvalue weighted by Crippen LogP contribution is -1.83. The monoisotopic (exact) mass is 317 g/mol. The van der Waals surface area contributed by atoms with Crippen LogP contribution in [0.4, 0.5) is 0 Å². The van der Waals surface area contributed by atoms with Crippen molar-refractivity contribution in [3.05, 3.63) is 69.2 Å². The molecule has 0 unspecified atom stereocenters. The van der Waals surface area contributed by atoms with Gasteiger partial charge in [0.05, 0.1) is 11.6 Å². The average molecular weight is 319 g/mol. The SMILES string of the molecule is N#CC(=Cc1cccc(Br)c1)c1ccccc1Cl. The van der Waals surface area contributed by atoms with Crippen LogP contribution in [0.3, 0.4) is 0 Å². The van der Waals surface area contributed by atoms with Crippen molar-refractivity contribution in [1.82, 2.24) is 0 Å². The molecule has 0 heterocycles. The van der Waals surface area contributed by atoms with Gasteiger partial charge in [0, 0.05) is 15.1 Å². The maximum absolute atomic E-state index is 9.25. The van der Waals surface area contributed by atoms with Crippen LogP contribution in [0.25, 0.3) is 11.6 Å². The molecule has 88 valence electrons. The first-order chi connectivity index (χ1) is 8.70. The smallest absolute Gasteiger partial charge is 0.0998 e. The highest BCUT2D eigenvalue weighted by Crippen LogP contribution is 2.25. The third-order valence-corrected chi connectivity index (χ3v) is 3.27. The van der Waals surface area contributed by atoms with Gasteiger partial charge < -0.3 is 0 Å². The fraction of sp³-hybridized carbons (Fsp3) is 0. The minimum atomic E-state index is 0.554. The molecule has 0 N–H and O–H groups in total. The summed E-state index contributed by atoms with van der Waals surface area (Å²) in [6.45, 7) is 0. The van der Waals surface area contributed by atoms with Gasteiger partial charge in [-0.15, -0.1) is 0 Å². The Morgan fingerprint density at radius 1 is 1.17 bits per heavy atom. The molecule has 18 heavy (non-hydrogen) atoms. The van der Waals surface area contributed by atoms with Crippen LogP contribution in [-0.2, 0) is 0 Å². The van der Waals surface area contributed by atoms with Crippen molar-refractivity contribution in [3.63, 3.8) is 0 Å². The molecule has 3 heteroatoms. The third-order valence-electron chi connectivity index (χ3n) is 2.44. The van der Waals surface area contributed by atoms with Crippen LogP contribution in [0.15, 0.2) is 53.0 Å². The minimum Gasteiger partial charge on any atom is -0.192 e. The predicted molar refractivity (Wildman–Crippen MR) is 79.1 cm³/mol. The standard InChI is InChI=1S/C15H9BrClN/c16-13-5-3-4-11(9-13)8-12(10-18)14-6-1-2-7-15(14)17/h1-9H. The van der Waals surface area contributed by atoms with Gasteiger partial charge in [-0.25, -0.2) is 0 Å². The third kappa shape index (κ3) is 3.01. The van der Waals surface area contributed by atoms with Crippen molar-refractivity contribution in [1.29, 1.82) is 5.26 Å². The molecule has 1 nitrogen and oxygen atoms in total. The van der Waals surface area contributed by atoms with E-state index in [4.69, 9.17) is 11.6 Å². The Kier molecular flexibility index (Phi) is 4.19. The average Bonchev–Trinajstić information content (AvgIpc) is 2.37. The van der Waals surface area contributed by atoms with Crippen LogP contribution >= 0.6 is 27.5 Å². The van der Waals surface area contributed by atoms with E-state index in [2.05, 4.69) is 22.0 Å². The topological polar surface area (TPSA) is 23.8 Å². The summed E-state index contributed by atoms with van der Waals surface area (Å²) in [4.78, 5) is 0. The van der Waals surface area contributed by atoms with Gasteiger partial charge in [0.1, 0.15) is 0 Å². The van der Waals surface area contributed by atoms with Crippen molar-refractivity contribution in [2.45, 2.75) is 0 Å². The number of halogens is 2. The molecule has 0 aliphatic carbocycles. The largest absolute Gasteiger partial charge is 0.192 e. The van der Waals surface area contributed by atoms with E-state index in [1.54, 1.807) is 6.07 Å².